The molecule has 3 heterocycles. The number of H-pyrrole nitrogens is 1. The second-order valence-electron chi connectivity index (χ2n) is 4.64. The number of aromatic nitrogens is 6. The molecule has 0 bridgehead atoms. The van der Waals surface area contributed by atoms with Gasteiger partial charge in [0.05, 0.1) is 6.54 Å². The molecule has 0 atom stereocenters. The summed E-state index contributed by atoms with van der Waals surface area (Å²) in [5, 5.41) is 18.9. The van der Waals surface area contributed by atoms with Crippen LogP contribution in [0.5, 0.6) is 0 Å². The summed E-state index contributed by atoms with van der Waals surface area (Å²) in [6.07, 6.45) is 0. The number of aromatic amines is 1. The van der Waals surface area contributed by atoms with Crippen molar-refractivity contribution in [1.82, 2.24) is 35.3 Å². The summed E-state index contributed by atoms with van der Waals surface area (Å²) in [6.45, 7) is 2.49. The molecule has 0 radical (unpaired) electrons. The van der Waals surface area contributed by atoms with Crippen molar-refractivity contribution < 1.29 is 0 Å². The van der Waals surface area contributed by atoms with E-state index in [1.54, 1.807) is 0 Å². The second-order valence-corrected chi connectivity index (χ2v) is 4.64. The van der Waals surface area contributed by atoms with Gasteiger partial charge in [0.25, 0.3) is 0 Å². The van der Waals surface area contributed by atoms with Crippen LogP contribution in [0, 0.1) is 0 Å². The number of halogens is 1. The number of nitrogens with zero attached hydrogens (tertiary/aromatic N) is 5. The fourth-order valence-corrected chi connectivity index (χ4v) is 2.34. The molecule has 0 saturated carbocycles. The monoisotopic (exact) mass is 303 g/mol. The third kappa shape index (κ3) is 2.41. The number of fused-ring (bicyclic) bond motifs is 1. The molecule has 1 aliphatic rings. The van der Waals surface area contributed by atoms with Crippen molar-refractivity contribution in [3.63, 3.8) is 0 Å². The molecule has 0 aliphatic carbocycles. The van der Waals surface area contributed by atoms with Crippen LogP contribution in [0.3, 0.4) is 0 Å². The first kappa shape index (κ1) is 13.7. The van der Waals surface area contributed by atoms with Crippen LogP contribution in [-0.2, 0) is 13.1 Å². The van der Waals surface area contributed by atoms with E-state index >= 15 is 0 Å². The van der Waals surface area contributed by atoms with Crippen molar-refractivity contribution in [2.75, 3.05) is 6.54 Å². The predicted octanol–water partition coefficient (Wildman–Crippen LogP) is 1.26. The standard InChI is InChI=1S/C13H13N7.ClH/c1-2-4-9(5-3-1)11-15-12(18-17-11)13-19-16-10-8-14-6-7-20(10)13;/h1-5,14H,6-8H2,(H,15,17,18);1H. The van der Waals surface area contributed by atoms with Crippen molar-refractivity contribution in [3.05, 3.63) is 36.2 Å². The molecule has 8 heteroatoms. The van der Waals surface area contributed by atoms with Crippen molar-refractivity contribution in [2.24, 2.45) is 0 Å². The van der Waals surface area contributed by atoms with Crippen LogP contribution < -0.4 is 5.32 Å². The van der Waals surface area contributed by atoms with Crippen LogP contribution >= 0.6 is 12.4 Å². The summed E-state index contributed by atoms with van der Waals surface area (Å²) >= 11 is 0. The summed E-state index contributed by atoms with van der Waals surface area (Å²) in [6, 6.07) is 9.91. The van der Waals surface area contributed by atoms with Crippen molar-refractivity contribution >= 4 is 12.4 Å². The average Bonchev–Trinajstić information content (AvgIpc) is 3.14. The Morgan fingerprint density at radius 2 is 1.95 bits per heavy atom. The Morgan fingerprint density at radius 1 is 1.10 bits per heavy atom. The van der Waals surface area contributed by atoms with Gasteiger partial charge < -0.3 is 9.88 Å². The normalized spacial score (nSPS) is 13.5. The van der Waals surface area contributed by atoms with Gasteiger partial charge in [-0.25, -0.2) is 4.98 Å². The van der Waals surface area contributed by atoms with E-state index in [1.807, 2.05) is 30.3 Å². The highest BCUT2D eigenvalue weighted by Crippen LogP contribution is 2.19. The van der Waals surface area contributed by atoms with E-state index in [0.717, 1.165) is 42.7 Å². The quantitative estimate of drug-likeness (QED) is 0.744. The minimum Gasteiger partial charge on any atom is -0.308 e. The Bertz CT molecular complexity index is 734. The molecule has 7 nitrogen and oxygen atoms in total. The second kappa shape index (κ2) is 5.63. The smallest absolute Gasteiger partial charge is 0.219 e. The summed E-state index contributed by atoms with van der Waals surface area (Å²) in [5.74, 6) is 2.98. The van der Waals surface area contributed by atoms with E-state index in [4.69, 9.17) is 0 Å². The van der Waals surface area contributed by atoms with Crippen LogP contribution in [-0.4, -0.2) is 36.5 Å². The first-order chi connectivity index (χ1) is 9.92. The van der Waals surface area contributed by atoms with Crippen LogP contribution in [0.1, 0.15) is 5.82 Å². The van der Waals surface area contributed by atoms with Gasteiger partial charge in [-0.2, -0.15) is 0 Å². The maximum absolute atomic E-state index is 4.52. The number of hydrogen-bond donors (Lipinski definition) is 2. The zero-order chi connectivity index (χ0) is 13.4. The van der Waals surface area contributed by atoms with Gasteiger partial charge in [-0.15, -0.1) is 27.7 Å². The molecular formula is C13H14ClN7. The Labute approximate surface area is 127 Å². The molecule has 0 amide bonds. The molecule has 0 saturated heterocycles. The molecule has 1 aromatic carbocycles. The summed E-state index contributed by atoms with van der Waals surface area (Å²) in [7, 11) is 0. The zero-order valence-electron chi connectivity index (χ0n) is 11.2. The lowest BCUT2D eigenvalue weighted by atomic mass is 10.2. The first-order valence-electron chi connectivity index (χ1n) is 6.53. The number of rotatable bonds is 2. The molecule has 0 fully saturated rings. The van der Waals surface area contributed by atoms with Gasteiger partial charge in [0.1, 0.15) is 5.82 Å². The lowest BCUT2D eigenvalue weighted by Gasteiger charge is -2.14. The van der Waals surface area contributed by atoms with Crippen molar-refractivity contribution in [3.8, 4) is 23.0 Å². The van der Waals surface area contributed by atoms with E-state index in [0.29, 0.717) is 5.82 Å². The predicted molar refractivity (Wildman–Crippen MR) is 79.8 cm³/mol. The molecule has 3 aromatic rings. The fourth-order valence-electron chi connectivity index (χ4n) is 2.34. The molecule has 21 heavy (non-hydrogen) atoms. The Morgan fingerprint density at radius 3 is 2.81 bits per heavy atom. The molecule has 1 aliphatic heterocycles. The topological polar surface area (TPSA) is 84.3 Å². The molecular weight excluding hydrogens is 290 g/mol. The number of benzene rings is 1. The molecule has 0 unspecified atom stereocenters. The zero-order valence-corrected chi connectivity index (χ0v) is 12.0. The Hall–Kier alpha value is -2.25. The Balaban J connectivity index is 0.00000132. The lowest BCUT2D eigenvalue weighted by Crippen LogP contribution is -2.28. The summed E-state index contributed by atoms with van der Waals surface area (Å²) < 4.78 is 2.06. The van der Waals surface area contributed by atoms with E-state index in [2.05, 4.69) is 35.3 Å². The van der Waals surface area contributed by atoms with Crippen LogP contribution in [0.4, 0.5) is 0 Å². The number of nitrogens with one attached hydrogen (secondary N) is 2. The highest BCUT2D eigenvalue weighted by Gasteiger charge is 2.19. The van der Waals surface area contributed by atoms with E-state index < -0.39 is 0 Å². The van der Waals surface area contributed by atoms with Gasteiger partial charge in [0.2, 0.25) is 11.6 Å². The highest BCUT2D eigenvalue weighted by atomic mass is 35.5. The van der Waals surface area contributed by atoms with Crippen molar-refractivity contribution in [1.29, 1.82) is 0 Å². The van der Waals surface area contributed by atoms with Gasteiger partial charge in [-0.3, -0.25) is 5.10 Å². The van der Waals surface area contributed by atoms with E-state index in [-0.39, 0.29) is 12.4 Å². The molecule has 0 spiro atoms. The SMILES string of the molecule is Cl.c1ccc(-c2nc(-c3nnc4n3CCNC4)n[nH]2)cc1. The van der Waals surface area contributed by atoms with Gasteiger partial charge in [0.15, 0.2) is 5.82 Å². The molecule has 4 rings (SSSR count). The van der Waals surface area contributed by atoms with Crippen LogP contribution in [0.2, 0.25) is 0 Å². The maximum Gasteiger partial charge on any atom is 0.219 e. The van der Waals surface area contributed by atoms with E-state index in [9.17, 15) is 0 Å². The fraction of sp³-hybridized carbons (Fsp3) is 0.231. The van der Waals surface area contributed by atoms with Gasteiger partial charge in [0, 0.05) is 18.7 Å². The summed E-state index contributed by atoms with van der Waals surface area (Å²) in [4.78, 5) is 4.52. The van der Waals surface area contributed by atoms with Gasteiger partial charge in [-0.05, 0) is 0 Å². The molecule has 108 valence electrons. The average molecular weight is 304 g/mol. The first-order valence-corrected chi connectivity index (χ1v) is 6.53. The van der Waals surface area contributed by atoms with Gasteiger partial charge in [-0.1, -0.05) is 30.3 Å². The van der Waals surface area contributed by atoms with Crippen LogP contribution in [0.15, 0.2) is 30.3 Å². The molecule has 2 N–H and O–H groups in total. The largest absolute Gasteiger partial charge is 0.308 e. The van der Waals surface area contributed by atoms with E-state index in [1.165, 1.54) is 0 Å². The highest BCUT2D eigenvalue weighted by molar-refractivity contribution is 5.85. The third-order valence-electron chi connectivity index (χ3n) is 3.36. The minimum atomic E-state index is 0. The summed E-state index contributed by atoms with van der Waals surface area (Å²) in [5.41, 5.74) is 1.01. The van der Waals surface area contributed by atoms with Gasteiger partial charge >= 0.3 is 0 Å². The third-order valence-corrected chi connectivity index (χ3v) is 3.36. The van der Waals surface area contributed by atoms with Crippen molar-refractivity contribution in [2.45, 2.75) is 13.1 Å². The molecule has 2 aromatic heterocycles. The van der Waals surface area contributed by atoms with Crippen LogP contribution in [0.25, 0.3) is 23.0 Å². The number of hydrogen-bond acceptors (Lipinski definition) is 5. The Kier molecular flexibility index (Phi) is 3.68. The lowest BCUT2D eigenvalue weighted by molar-refractivity contribution is 0.507. The minimum absolute atomic E-state index is 0. The maximum atomic E-state index is 4.52.